The molecule has 7 heavy (non-hydrogen) atoms. The molecule has 42 valence electrons. The van der Waals surface area contributed by atoms with Gasteiger partial charge in [0, 0.05) is 0 Å². The monoisotopic (exact) mass is 212 g/mol. The first kappa shape index (κ1) is 7.02. The Morgan fingerprint density at radius 1 is 1.86 bits per heavy atom. The fourth-order valence-electron chi connectivity index (χ4n) is 0.201. The van der Waals surface area contributed by atoms with E-state index in [1.807, 2.05) is 0 Å². The van der Waals surface area contributed by atoms with Crippen LogP contribution in [0.2, 0.25) is 0 Å². The Morgan fingerprint density at radius 2 is 2.57 bits per heavy atom. The first-order valence-corrected chi connectivity index (χ1v) is 5.66. The molecule has 3 heteroatoms. The molecule has 2 nitrogen and oxygen atoms in total. The molecule has 0 aliphatic heterocycles. The summed E-state index contributed by atoms with van der Waals surface area (Å²) in [5.74, 6) is 0. The van der Waals surface area contributed by atoms with Crippen LogP contribution in [0.1, 0.15) is 0 Å². The average Bonchev–Trinajstić information content (AvgIpc) is 1.69. The number of hydrogen-bond acceptors (Lipinski definition) is 1. The zero-order chi connectivity index (χ0) is 5.54. The van der Waals surface area contributed by atoms with E-state index in [2.05, 4.69) is 15.3 Å². The molecule has 0 aromatic heterocycles. The zero-order valence-electron chi connectivity index (χ0n) is 4.32. The van der Waals surface area contributed by atoms with Crippen LogP contribution < -0.4 is 26.6 Å². The van der Waals surface area contributed by atoms with Gasteiger partial charge in [0.15, 0.2) is 0 Å². The summed E-state index contributed by atoms with van der Waals surface area (Å²) < 4.78 is 1.25. The summed E-state index contributed by atoms with van der Waals surface area (Å²) >= 11 is 0.417. The summed E-state index contributed by atoms with van der Waals surface area (Å²) in [6.45, 7) is 5.74. The van der Waals surface area contributed by atoms with Crippen molar-refractivity contribution in [2.45, 2.75) is 0 Å². The van der Waals surface area contributed by atoms with Gasteiger partial charge in [-0.3, -0.25) is 0 Å². The second kappa shape index (κ2) is 6.02. The Hall–Kier alpha value is 0.0200. The first-order chi connectivity index (χ1) is 3.41. The van der Waals surface area contributed by atoms with Gasteiger partial charge < -0.3 is 0 Å². The fraction of sp³-hybridized carbons (Fsp3) is 0.750. The van der Waals surface area contributed by atoms with Crippen molar-refractivity contribution in [1.29, 1.82) is 0 Å². The SMILES string of the molecule is C#[N+]NCC[I-]C. The molecule has 0 heterocycles. The average molecular weight is 212 g/mol. The van der Waals surface area contributed by atoms with Crippen molar-refractivity contribution >= 4 is 0 Å². The zero-order valence-corrected chi connectivity index (χ0v) is 6.47. The number of halogens is 1. The van der Waals surface area contributed by atoms with Gasteiger partial charge in [-0.15, -0.1) is 0 Å². The summed E-state index contributed by atoms with van der Waals surface area (Å²) in [6.07, 6.45) is 0. The van der Waals surface area contributed by atoms with Gasteiger partial charge in [-0.05, 0) is 0 Å². The second-order valence-electron chi connectivity index (χ2n) is 0.993. The maximum atomic E-state index is 4.80. The van der Waals surface area contributed by atoms with Crippen LogP contribution in [-0.4, -0.2) is 15.9 Å². The molecule has 1 N–H and O–H groups in total. The van der Waals surface area contributed by atoms with Crippen molar-refractivity contribution in [1.82, 2.24) is 5.43 Å². The van der Waals surface area contributed by atoms with Crippen LogP contribution in [0.25, 0.3) is 4.95 Å². The van der Waals surface area contributed by atoms with E-state index in [1.54, 1.807) is 0 Å². The minimum absolute atomic E-state index is 0.417. The minimum atomic E-state index is 0.417. The van der Waals surface area contributed by atoms with E-state index in [0.29, 0.717) is 21.2 Å². The van der Waals surface area contributed by atoms with Gasteiger partial charge in [-0.2, -0.15) is 0 Å². The molecule has 0 rings (SSSR count). The summed E-state index contributed by atoms with van der Waals surface area (Å²) in [4.78, 5) is 5.47. The molecule has 0 spiro atoms. The molecule has 0 aliphatic rings. The summed E-state index contributed by atoms with van der Waals surface area (Å²) in [5.41, 5.74) is 2.68. The number of hydrogen-bond donors (Lipinski definition) is 1. The van der Waals surface area contributed by atoms with Crippen LogP contribution in [0.15, 0.2) is 0 Å². The standard InChI is InChI=1S/C4H9IN2/c1-5-3-4-7-6-2/h2,7H,3-4H2,1H3. The molecule has 0 fully saturated rings. The Labute approximate surface area is 54.3 Å². The van der Waals surface area contributed by atoms with Crippen molar-refractivity contribution in [2.75, 3.05) is 15.9 Å². The van der Waals surface area contributed by atoms with E-state index in [1.165, 1.54) is 4.43 Å². The topological polar surface area (TPSA) is 16.4 Å². The maximum absolute atomic E-state index is 4.80. The number of nitrogens with one attached hydrogen (secondary N) is 1. The third-order valence-electron chi connectivity index (χ3n) is 0.487. The third kappa shape index (κ3) is 6.02. The Balaban J connectivity index is 2.60. The Kier molecular flexibility index (Phi) is 6.04. The van der Waals surface area contributed by atoms with E-state index in [0.717, 1.165) is 6.54 Å². The summed E-state index contributed by atoms with van der Waals surface area (Å²) in [6, 6.07) is 0. The predicted molar refractivity (Wildman–Crippen MR) is 27.1 cm³/mol. The first-order valence-electron chi connectivity index (χ1n) is 1.98. The number of nitrogens with zero attached hydrogens (tertiary/aromatic N) is 1. The molecule has 0 bridgehead atoms. The van der Waals surface area contributed by atoms with E-state index in [-0.39, 0.29) is 0 Å². The van der Waals surface area contributed by atoms with Crippen molar-refractivity contribution < 1.29 is 21.2 Å². The van der Waals surface area contributed by atoms with Gasteiger partial charge >= 0.3 is 54.1 Å². The predicted octanol–water partition coefficient (Wildman–Crippen LogP) is -2.83. The van der Waals surface area contributed by atoms with Gasteiger partial charge in [0.1, 0.15) is 0 Å². The molecule has 0 atom stereocenters. The van der Waals surface area contributed by atoms with E-state index < -0.39 is 0 Å². The third-order valence-corrected chi connectivity index (χ3v) is 2.10. The van der Waals surface area contributed by atoms with Crippen LogP contribution in [0.5, 0.6) is 0 Å². The molecule has 0 saturated carbocycles. The quantitative estimate of drug-likeness (QED) is 0.231. The Morgan fingerprint density at radius 3 is 3.00 bits per heavy atom. The van der Waals surface area contributed by atoms with Crippen LogP contribution >= 0.6 is 0 Å². The Bertz CT molecular complexity index is 66.6. The van der Waals surface area contributed by atoms with E-state index in [9.17, 15) is 0 Å². The number of alkyl halides is 2. The van der Waals surface area contributed by atoms with Crippen LogP contribution in [0.3, 0.4) is 0 Å². The molecule has 0 aromatic carbocycles. The second-order valence-corrected chi connectivity index (χ2v) is 3.60. The molecule has 0 aromatic rings. The van der Waals surface area contributed by atoms with Gasteiger partial charge in [-0.1, -0.05) is 0 Å². The molecule has 0 saturated heterocycles. The summed E-state index contributed by atoms with van der Waals surface area (Å²) in [5, 5.41) is 0. The van der Waals surface area contributed by atoms with Crippen LogP contribution in [0, 0.1) is 6.57 Å². The van der Waals surface area contributed by atoms with Crippen LogP contribution in [-0.2, 0) is 0 Å². The van der Waals surface area contributed by atoms with Gasteiger partial charge in [0.25, 0.3) is 0 Å². The van der Waals surface area contributed by atoms with Crippen molar-refractivity contribution in [3.05, 3.63) is 4.95 Å². The van der Waals surface area contributed by atoms with Crippen molar-refractivity contribution in [3.8, 4) is 6.57 Å². The molecule has 0 aliphatic carbocycles. The molecular formula is C4H9IN2. The molecule has 0 unspecified atom stereocenters. The number of rotatable bonds is 3. The van der Waals surface area contributed by atoms with Crippen molar-refractivity contribution in [2.24, 2.45) is 0 Å². The fourth-order valence-corrected chi connectivity index (χ4v) is 0.982. The van der Waals surface area contributed by atoms with E-state index >= 15 is 0 Å². The van der Waals surface area contributed by atoms with Gasteiger partial charge in [0.05, 0.1) is 0 Å². The molecule has 0 amide bonds. The molecular weight excluding hydrogens is 203 g/mol. The van der Waals surface area contributed by atoms with Gasteiger partial charge in [0.2, 0.25) is 0 Å². The normalized spacial score (nSPS) is 8.00. The van der Waals surface area contributed by atoms with Crippen LogP contribution in [0.4, 0.5) is 0 Å². The van der Waals surface area contributed by atoms with E-state index in [4.69, 9.17) is 6.57 Å². The molecule has 0 radical (unpaired) electrons. The summed E-state index contributed by atoms with van der Waals surface area (Å²) in [7, 11) is 0. The van der Waals surface area contributed by atoms with Crippen molar-refractivity contribution in [3.63, 3.8) is 0 Å². The van der Waals surface area contributed by atoms with Gasteiger partial charge in [-0.25, -0.2) is 0 Å².